The van der Waals surface area contributed by atoms with E-state index in [-0.39, 0.29) is 5.88 Å². The fourth-order valence-electron chi connectivity index (χ4n) is 2.86. The number of nitrogens with zero attached hydrogens (tertiary/aromatic N) is 3. The van der Waals surface area contributed by atoms with Gasteiger partial charge in [-0.2, -0.15) is 4.62 Å². The molecule has 10 nitrogen and oxygen atoms in total. The molecule has 0 aliphatic rings. The van der Waals surface area contributed by atoms with Crippen LogP contribution in [0.1, 0.15) is 16.8 Å². The Morgan fingerprint density at radius 3 is 2.53 bits per heavy atom. The van der Waals surface area contributed by atoms with Crippen molar-refractivity contribution in [2.75, 3.05) is 0 Å². The lowest BCUT2D eigenvalue weighted by Crippen LogP contribution is -2.03. The van der Waals surface area contributed by atoms with Gasteiger partial charge in [0.1, 0.15) is 6.61 Å². The fourth-order valence-corrected chi connectivity index (χ4v) is 3.26. The van der Waals surface area contributed by atoms with E-state index in [1.165, 1.54) is 6.20 Å². The van der Waals surface area contributed by atoms with Crippen LogP contribution < -0.4 is 15.2 Å². The summed E-state index contributed by atoms with van der Waals surface area (Å²) in [5.41, 5.74) is 3.02. The van der Waals surface area contributed by atoms with Gasteiger partial charge in [-0.1, -0.05) is 35.5 Å². The Balaban J connectivity index is 1.42. The summed E-state index contributed by atoms with van der Waals surface area (Å²) >= 11 is 0. The van der Waals surface area contributed by atoms with Gasteiger partial charge >= 0.3 is 7.82 Å². The van der Waals surface area contributed by atoms with Crippen molar-refractivity contribution in [1.29, 1.82) is 0 Å². The van der Waals surface area contributed by atoms with Crippen LogP contribution in [0.4, 0.5) is 0 Å². The molecule has 0 spiro atoms. The second-order valence-corrected chi connectivity index (χ2v) is 7.98. The fraction of sp³-hybridized carbons (Fsp3) is 0.0952. The van der Waals surface area contributed by atoms with Crippen LogP contribution >= 0.6 is 7.82 Å². The summed E-state index contributed by atoms with van der Waals surface area (Å²) in [6, 6.07) is 18.3. The molecule has 0 saturated heterocycles. The van der Waals surface area contributed by atoms with E-state index < -0.39 is 7.82 Å². The van der Waals surface area contributed by atoms with Crippen molar-refractivity contribution in [3.8, 4) is 23.1 Å². The molecule has 4 rings (SSSR count). The summed E-state index contributed by atoms with van der Waals surface area (Å²) in [5, 5.41) is 4.07. The predicted octanol–water partition coefficient (Wildman–Crippen LogP) is 3.67. The molecule has 3 aromatic heterocycles. The number of phosphoric ester groups is 1. The molecule has 0 aliphatic carbocycles. The summed E-state index contributed by atoms with van der Waals surface area (Å²) in [6.07, 6.45) is 3.59. The van der Waals surface area contributed by atoms with Gasteiger partial charge in [-0.3, -0.25) is 4.89 Å². The van der Waals surface area contributed by atoms with Crippen LogP contribution in [0.15, 0.2) is 77.6 Å². The number of ether oxygens (including phenoxy) is 1. The third-order valence-corrected chi connectivity index (χ3v) is 5.03. The largest absolute Gasteiger partial charge is 0.545 e. The highest BCUT2D eigenvalue weighted by Gasteiger charge is 2.25. The number of hydrogen-bond acceptors (Lipinski definition) is 9. The topological polar surface area (TPSA) is 143 Å². The van der Waals surface area contributed by atoms with Crippen molar-refractivity contribution >= 4 is 7.82 Å². The van der Waals surface area contributed by atoms with Gasteiger partial charge < -0.3 is 13.8 Å². The zero-order valence-electron chi connectivity index (χ0n) is 16.7. The number of aromatic nitrogens is 3. The van der Waals surface area contributed by atoms with E-state index in [0.717, 1.165) is 11.1 Å². The molecule has 32 heavy (non-hydrogen) atoms. The molecular formula is C21H19N4O6P. The Bertz CT molecular complexity index is 1220. The summed E-state index contributed by atoms with van der Waals surface area (Å²) in [5.74, 6) is 5.51. The zero-order valence-corrected chi connectivity index (χ0v) is 17.6. The highest BCUT2D eigenvalue weighted by atomic mass is 31.2. The van der Waals surface area contributed by atoms with Crippen molar-refractivity contribution in [2.24, 2.45) is 5.90 Å². The first-order valence-corrected chi connectivity index (χ1v) is 11.0. The number of hydrogen-bond donors (Lipinski definition) is 2. The molecule has 0 amide bonds. The summed E-state index contributed by atoms with van der Waals surface area (Å²) < 4.78 is 31.5. The number of rotatable bonds is 9. The lowest BCUT2D eigenvalue weighted by atomic mass is 10.1. The number of pyridine rings is 2. The molecule has 0 saturated carbocycles. The Morgan fingerprint density at radius 2 is 1.78 bits per heavy atom. The van der Waals surface area contributed by atoms with Crippen molar-refractivity contribution in [3.63, 3.8) is 0 Å². The van der Waals surface area contributed by atoms with Gasteiger partial charge in [-0.25, -0.2) is 20.4 Å². The smallest absolute Gasteiger partial charge is 0.473 e. The third kappa shape index (κ3) is 5.57. The molecule has 164 valence electrons. The molecular weight excluding hydrogens is 435 g/mol. The SMILES string of the molecule is NOP(=O)(O)Oc1ncccc1-c1cc(Cc2ccc(COc3ccccn3)cc2)no1. The molecule has 0 bridgehead atoms. The Kier molecular flexibility index (Phi) is 6.58. The summed E-state index contributed by atoms with van der Waals surface area (Å²) in [7, 11) is -4.48. The highest BCUT2D eigenvalue weighted by Crippen LogP contribution is 2.44. The van der Waals surface area contributed by atoms with Crippen molar-refractivity contribution in [3.05, 3.63) is 89.9 Å². The monoisotopic (exact) mass is 454 g/mol. The molecule has 3 N–H and O–H groups in total. The van der Waals surface area contributed by atoms with Crippen LogP contribution in [0, 0.1) is 0 Å². The van der Waals surface area contributed by atoms with E-state index >= 15 is 0 Å². The van der Waals surface area contributed by atoms with Gasteiger partial charge in [0.25, 0.3) is 0 Å². The van der Waals surface area contributed by atoms with Crippen LogP contribution in [-0.4, -0.2) is 20.0 Å². The van der Waals surface area contributed by atoms with E-state index in [1.807, 2.05) is 36.4 Å². The minimum Gasteiger partial charge on any atom is -0.473 e. The van der Waals surface area contributed by atoms with Gasteiger partial charge in [0.2, 0.25) is 11.8 Å². The molecule has 0 fully saturated rings. The molecule has 1 atom stereocenters. The van der Waals surface area contributed by atoms with Gasteiger partial charge in [0.15, 0.2) is 5.76 Å². The first-order valence-electron chi connectivity index (χ1n) is 9.46. The third-order valence-electron chi connectivity index (χ3n) is 4.36. The molecule has 1 aromatic carbocycles. The molecule has 3 heterocycles. The maximum Gasteiger partial charge on any atom is 0.545 e. The van der Waals surface area contributed by atoms with Gasteiger partial charge in [-0.15, -0.1) is 0 Å². The minimum absolute atomic E-state index is 0.163. The maximum atomic E-state index is 11.6. The number of phosphoric acid groups is 1. The van der Waals surface area contributed by atoms with Crippen LogP contribution in [-0.2, 0) is 22.2 Å². The first-order chi connectivity index (χ1) is 15.5. The minimum atomic E-state index is -4.48. The summed E-state index contributed by atoms with van der Waals surface area (Å²) in [4.78, 5) is 17.5. The quantitative estimate of drug-likeness (QED) is 0.284. The van der Waals surface area contributed by atoms with Gasteiger partial charge in [0.05, 0.1) is 11.3 Å². The van der Waals surface area contributed by atoms with Crippen LogP contribution in [0.2, 0.25) is 0 Å². The molecule has 4 aromatic rings. The summed E-state index contributed by atoms with van der Waals surface area (Å²) in [6.45, 7) is 0.413. The predicted molar refractivity (Wildman–Crippen MR) is 113 cm³/mol. The Morgan fingerprint density at radius 1 is 1.00 bits per heavy atom. The van der Waals surface area contributed by atoms with Crippen molar-refractivity contribution in [2.45, 2.75) is 13.0 Å². The van der Waals surface area contributed by atoms with Gasteiger partial charge in [0, 0.05) is 30.9 Å². The van der Waals surface area contributed by atoms with Crippen LogP contribution in [0.3, 0.4) is 0 Å². The Labute approximate surface area is 183 Å². The first kappa shape index (κ1) is 21.7. The van der Waals surface area contributed by atoms with Crippen LogP contribution in [0.25, 0.3) is 11.3 Å². The van der Waals surface area contributed by atoms with E-state index in [4.69, 9.17) is 19.7 Å². The Hall–Kier alpha value is -3.56. The molecule has 11 heteroatoms. The second kappa shape index (κ2) is 9.71. The standard InChI is InChI=1S/C21H19N4O6P/c22-31-32(26,27)30-21-18(4-3-11-24-21)19-13-17(25-29-19)12-15-6-8-16(9-7-15)14-28-20-5-1-2-10-23-20/h1-11,13H,12,14,22H2,(H,26,27). The van der Waals surface area contributed by atoms with Crippen molar-refractivity contribution < 1.29 is 27.9 Å². The van der Waals surface area contributed by atoms with Gasteiger partial charge in [-0.05, 0) is 29.3 Å². The van der Waals surface area contributed by atoms with E-state index in [9.17, 15) is 9.46 Å². The van der Waals surface area contributed by atoms with Crippen molar-refractivity contribution in [1.82, 2.24) is 15.1 Å². The molecule has 0 aliphatic heterocycles. The second-order valence-electron chi connectivity index (χ2n) is 6.65. The van der Waals surface area contributed by atoms with Crippen LogP contribution in [0.5, 0.6) is 11.8 Å². The average Bonchev–Trinajstić information content (AvgIpc) is 3.28. The van der Waals surface area contributed by atoms with E-state index in [2.05, 4.69) is 19.7 Å². The normalized spacial score (nSPS) is 12.8. The van der Waals surface area contributed by atoms with E-state index in [1.54, 1.807) is 30.5 Å². The molecule has 1 unspecified atom stereocenters. The number of benzene rings is 1. The maximum absolute atomic E-state index is 11.6. The lowest BCUT2D eigenvalue weighted by molar-refractivity contribution is 0.206. The number of nitrogens with two attached hydrogens (primary N) is 1. The van der Waals surface area contributed by atoms with E-state index in [0.29, 0.717) is 35.9 Å². The average molecular weight is 454 g/mol. The molecule has 0 radical (unpaired) electrons. The zero-order chi connectivity index (χ0) is 22.4. The lowest BCUT2D eigenvalue weighted by Gasteiger charge is -2.10. The highest BCUT2D eigenvalue weighted by molar-refractivity contribution is 7.47.